The van der Waals surface area contributed by atoms with Crippen LogP contribution in [0.5, 0.6) is 0 Å². The molecule has 14 heavy (non-hydrogen) atoms. The van der Waals surface area contributed by atoms with E-state index in [0.29, 0.717) is 6.10 Å². The molecule has 3 nitrogen and oxygen atoms in total. The average Bonchev–Trinajstić information content (AvgIpc) is 2.60. The quantitative estimate of drug-likeness (QED) is 0.652. The topological polar surface area (TPSA) is 30.5 Å². The Hall–Kier alpha value is -0.120. The van der Waals surface area contributed by atoms with Crippen molar-refractivity contribution in [1.29, 1.82) is 0 Å². The van der Waals surface area contributed by atoms with Crippen molar-refractivity contribution < 1.29 is 9.47 Å². The third kappa shape index (κ3) is 3.23. The normalized spacial score (nSPS) is 27.9. The molecule has 1 heterocycles. The smallest absolute Gasteiger partial charge is 0.0594 e. The molecular formula is C11H21NO2. The molecule has 0 aromatic rings. The Morgan fingerprint density at radius 1 is 1.29 bits per heavy atom. The minimum absolute atomic E-state index is 0.576. The second-order valence-corrected chi connectivity index (χ2v) is 4.36. The molecule has 1 unspecified atom stereocenters. The number of rotatable bonds is 6. The van der Waals surface area contributed by atoms with E-state index in [4.69, 9.17) is 9.47 Å². The lowest BCUT2D eigenvalue weighted by Crippen LogP contribution is -2.30. The van der Waals surface area contributed by atoms with Crippen LogP contribution >= 0.6 is 0 Å². The van der Waals surface area contributed by atoms with E-state index in [1.54, 1.807) is 0 Å². The van der Waals surface area contributed by atoms with Gasteiger partial charge in [0.2, 0.25) is 0 Å². The van der Waals surface area contributed by atoms with Crippen molar-refractivity contribution in [1.82, 2.24) is 5.32 Å². The molecule has 0 spiro atoms. The fourth-order valence-electron chi connectivity index (χ4n) is 1.89. The van der Waals surface area contributed by atoms with E-state index in [1.807, 2.05) is 0 Å². The minimum Gasteiger partial charge on any atom is -0.381 e. The fraction of sp³-hybridized carbons (Fsp3) is 1.00. The average molecular weight is 199 g/mol. The number of ether oxygens (including phenoxy) is 2. The zero-order chi connectivity index (χ0) is 9.64. The number of hydrogen-bond donors (Lipinski definition) is 1. The molecule has 82 valence electrons. The molecule has 0 bridgehead atoms. The van der Waals surface area contributed by atoms with Gasteiger partial charge in [0.15, 0.2) is 0 Å². The standard InChI is InChI=1S/C11H21NO2/c1-2-11(3-1)14-7-5-12-8-10-4-6-13-9-10/h10-12H,1-9H2. The Morgan fingerprint density at radius 2 is 2.21 bits per heavy atom. The Labute approximate surface area is 86.2 Å². The molecule has 0 radical (unpaired) electrons. The van der Waals surface area contributed by atoms with E-state index in [9.17, 15) is 0 Å². The molecule has 1 saturated heterocycles. The Bertz CT molecular complexity index is 153. The molecule has 0 aromatic heterocycles. The van der Waals surface area contributed by atoms with E-state index in [-0.39, 0.29) is 0 Å². The third-order valence-electron chi connectivity index (χ3n) is 3.14. The predicted molar refractivity (Wildman–Crippen MR) is 55.4 cm³/mol. The second-order valence-electron chi connectivity index (χ2n) is 4.36. The van der Waals surface area contributed by atoms with E-state index >= 15 is 0 Å². The van der Waals surface area contributed by atoms with Crippen LogP contribution in [0.25, 0.3) is 0 Å². The van der Waals surface area contributed by atoms with Crippen molar-refractivity contribution >= 4 is 0 Å². The highest BCUT2D eigenvalue weighted by Crippen LogP contribution is 2.21. The highest BCUT2D eigenvalue weighted by atomic mass is 16.5. The molecule has 2 fully saturated rings. The molecular weight excluding hydrogens is 178 g/mol. The van der Waals surface area contributed by atoms with E-state index < -0.39 is 0 Å². The summed E-state index contributed by atoms with van der Waals surface area (Å²) < 4.78 is 11.0. The van der Waals surface area contributed by atoms with Crippen LogP contribution in [0, 0.1) is 5.92 Å². The third-order valence-corrected chi connectivity index (χ3v) is 3.14. The first-order valence-corrected chi connectivity index (χ1v) is 5.85. The van der Waals surface area contributed by atoms with Crippen molar-refractivity contribution in [3.8, 4) is 0 Å². The summed E-state index contributed by atoms with van der Waals surface area (Å²) in [5.74, 6) is 0.735. The van der Waals surface area contributed by atoms with Crippen LogP contribution in [0.1, 0.15) is 25.7 Å². The van der Waals surface area contributed by atoms with E-state index in [1.165, 1.54) is 25.7 Å². The van der Waals surface area contributed by atoms with Gasteiger partial charge in [-0.05, 0) is 31.6 Å². The molecule has 0 amide bonds. The summed E-state index contributed by atoms with van der Waals surface area (Å²) in [5.41, 5.74) is 0. The first-order chi connectivity index (χ1) is 6.95. The zero-order valence-corrected chi connectivity index (χ0v) is 8.84. The Balaban J connectivity index is 1.39. The van der Waals surface area contributed by atoms with Gasteiger partial charge < -0.3 is 14.8 Å². The fourth-order valence-corrected chi connectivity index (χ4v) is 1.89. The molecule has 1 N–H and O–H groups in total. The molecule has 0 aromatic carbocycles. The SMILES string of the molecule is C1CC(OCCNCC2CCOC2)C1. The van der Waals surface area contributed by atoms with Gasteiger partial charge in [0, 0.05) is 19.7 Å². The summed E-state index contributed by atoms with van der Waals surface area (Å²) in [6.07, 6.45) is 5.70. The number of hydrogen-bond acceptors (Lipinski definition) is 3. The van der Waals surface area contributed by atoms with Crippen LogP contribution in [-0.4, -0.2) is 39.0 Å². The lowest BCUT2D eigenvalue weighted by atomic mass is 9.96. The summed E-state index contributed by atoms with van der Waals surface area (Å²) in [7, 11) is 0. The minimum atomic E-state index is 0.576. The van der Waals surface area contributed by atoms with Crippen LogP contribution < -0.4 is 5.32 Å². The van der Waals surface area contributed by atoms with Gasteiger partial charge in [-0.1, -0.05) is 0 Å². The Kier molecular flexibility index (Phi) is 4.22. The first kappa shape index (κ1) is 10.4. The van der Waals surface area contributed by atoms with Crippen molar-refractivity contribution in [3.05, 3.63) is 0 Å². The summed E-state index contributed by atoms with van der Waals surface area (Å²) in [4.78, 5) is 0. The summed E-state index contributed by atoms with van der Waals surface area (Å²) in [5, 5.41) is 3.43. The van der Waals surface area contributed by atoms with Crippen LogP contribution in [0.4, 0.5) is 0 Å². The molecule has 1 saturated carbocycles. The maximum absolute atomic E-state index is 5.65. The lowest BCUT2D eigenvalue weighted by molar-refractivity contribution is 0.00405. The molecule has 3 heteroatoms. The van der Waals surface area contributed by atoms with Gasteiger partial charge in [0.25, 0.3) is 0 Å². The second kappa shape index (κ2) is 5.69. The van der Waals surface area contributed by atoms with Crippen molar-refractivity contribution in [2.75, 3.05) is 32.9 Å². The first-order valence-electron chi connectivity index (χ1n) is 5.85. The molecule has 1 aliphatic heterocycles. The van der Waals surface area contributed by atoms with Gasteiger partial charge in [-0.3, -0.25) is 0 Å². The summed E-state index contributed by atoms with van der Waals surface area (Å²) >= 11 is 0. The number of nitrogens with one attached hydrogen (secondary N) is 1. The van der Waals surface area contributed by atoms with E-state index in [2.05, 4.69) is 5.32 Å². The maximum Gasteiger partial charge on any atom is 0.0594 e. The van der Waals surface area contributed by atoms with Crippen molar-refractivity contribution in [2.45, 2.75) is 31.8 Å². The van der Waals surface area contributed by atoms with Gasteiger partial charge in [0.05, 0.1) is 19.3 Å². The van der Waals surface area contributed by atoms with Crippen LogP contribution in [-0.2, 0) is 9.47 Å². The van der Waals surface area contributed by atoms with Gasteiger partial charge in [-0.15, -0.1) is 0 Å². The van der Waals surface area contributed by atoms with E-state index in [0.717, 1.165) is 38.8 Å². The molecule has 2 aliphatic rings. The van der Waals surface area contributed by atoms with Gasteiger partial charge >= 0.3 is 0 Å². The van der Waals surface area contributed by atoms with Gasteiger partial charge in [-0.25, -0.2) is 0 Å². The maximum atomic E-state index is 5.65. The summed E-state index contributed by atoms with van der Waals surface area (Å²) in [6, 6.07) is 0. The largest absolute Gasteiger partial charge is 0.381 e. The lowest BCUT2D eigenvalue weighted by Gasteiger charge is -2.25. The van der Waals surface area contributed by atoms with Crippen molar-refractivity contribution in [2.24, 2.45) is 5.92 Å². The van der Waals surface area contributed by atoms with Gasteiger partial charge in [-0.2, -0.15) is 0 Å². The van der Waals surface area contributed by atoms with Crippen LogP contribution in [0.2, 0.25) is 0 Å². The predicted octanol–water partition coefficient (Wildman–Crippen LogP) is 1.18. The van der Waals surface area contributed by atoms with Gasteiger partial charge in [0.1, 0.15) is 0 Å². The molecule has 2 rings (SSSR count). The monoisotopic (exact) mass is 199 g/mol. The van der Waals surface area contributed by atoms with Crippen LogP contribution in [0.3, 0.4) is 0 Å². The Morgan fingerprint density at radius 3 is 2.86 bits per heavy atom. The molecule has 1 aliphatic carbocycles. The van der Waals surface area contributed by atoms with Crippen molar-refractivity contribution in [3.63, 3.8) is 0 Å². The zero-order valence-electron chi connectivity index (χ0n) is 8.84. The highest BCUT2D eigenvalue weighted by molar-refractivity contribution is 4.70. The highest BCUT2D eigenvalue weighted by Gasteiger charge is 2.17. The molecule has 1 atom stereocenters. The summed E-state index contributed by atoms with van der Waals surface area (Å²) in [6.45, 7) is 4.85. The van der Waals surface area contributed by atoms with Crippen LogP contribution in [0.15, 0.2) is 0 Å².